The molecule has 102 valence electrons. The van der Waals surface area contributed by atoms with Crippen LogP contribution >= 0.6 is 0 Å². The van der Waals surface area contributed by atoms with Crippen LogP contribution in [0.3, 0.4) is 0 Å². The third kappa shape index (κ3) is 4.09. The molecule has 0 saturated carbocycles. The van der Waals surface area contributed by atoms with Crippen LogP contribution in [-0.2, 0) is 11.2 Å². The molecule has 2 heteroatoms. The largest absolute Gasteiger partial charge is 0.361 e. The molecule has 0 unspecified atom stereocenters. The molecule has 0 heterocycles. The smallest absolute Gasteiger partial charge is 0.157 e. The van der Waals surface area contributed by atoms with Crippen molar-refractivity contribution in [2.24, 2.45) is 0 Å². The number of carbonyl (C=O) groups is 1. The average molecular weight is 265 g/mol. The van der Waals surface area contributed by atoms with Gasteiger partial charge in [0.15, 0.2) is 5.78 Å². The number of Topliss-reactive ketones (excluding diaryl/α,β-unsaturated/α-hetero) is 1. The Morgan fingerprint density at radius 3 is 2.30 bits per heavy atom. The highest BCUT2D eigenvalue weighted by atomic mass is 16.1. The van der Waals surface area contributed by atoms with Crippen molar-refractivity contribution in [3.05, 3.63) is 77.5 Å². The van der Waals surface area contributed by atoms with Crippen LogP contribution in [0.25, 0.3) is 0 Å². The number of ketones is 1. The van der Waals surface area contributed by atoms with Crippen LogP contribution in [0.15, 0.2) is 66.4 Å². The van der Waals surface area contributed by atoms with Crippen LogP contribution in [0.1, 0.15) is 18.1 Å². The first-order valence-corrected chi connectivity index (χ1v) is 6.72. The fraction of sp³-hybridized carbons (Fsp3) is 0.167. The SMILES string of the molecule is CC(=O)/C(=C/Nc1ccc(C)cc1)Cc1ccccc1. The maximum absolute atomic E-state index is 11.7. The zero-order chi connectivity index (χ0) is 14.4. The number of rotatable bonds is 5. The molecule has 0 amide bonds. The molecule has 2 rings (SSSR count). The fourth-order valence-electron chi connectivity index (χ4n) is 1.91. The number of aryl methyl sites for hydroxylation is 1. The summed E-state index contributed by atoms with van der Waals surface area (Å²) < 4.78 is 0. The van der Waals surface area contributed by atoms with Crippen molar-refractivity contribution in [2.45, 2.75) is 20.3 Å². The molecule has 20 heavy (non-hydrogen) atoms. The summed E-state index contributed by atoms with van der Waals surface area (Å²) in [6.07, 6.45) is 2.45. The quantitative estimate of drug-likeness (QED) is 0.824. The second-order valence-corrected chi connectivity index (χ2v) is 4.90. The van der Waals surface area contributed by atoms with Crippen molar-refractivity contribution in [1.82, 2.24) is 0 Å². The van der Waals surface area contributed by atoms with Gasteiger partial charge in [0.2, 0.25) is 0 Å². The Morgan fingerprint density at radius 2 is 1.70 bits per heavy atom. The monoisotopic (exact) mass is 265 g/mol. The molecule has 0 aliphatic rings. The molecule has 0 saturated heterocycles. The van der Waals surface area contributed by atoms with Gasteiger partial charge in [0, 0.05) is 23.9 Å². The van der Waals surface area contributed by atoms with E-state index in [9.17, 15) is 4.79 Å². The van der Waals surface area contributed by atoms with Crippen molar-refractivity contribution in [1.29, 1.82) is 0 Å². The minimum atomic E-state index is 0.0912. The second-order valence-electron chi connectivity index (χ2n) is 4.90. The van der Waals surface area contributed by atoms with Crippen LogP contribution in [0.4, 0.5) is 5.69 Å². The van der Waals surface area contributed by atoms with Crippen LogP contribution in [0.5, 0.6) is 0 Å². The van der Waals surface area contributed by atoms with Gasteiger partial charge < -0.3 is 5.32 Å². The molecule has 0 radical (unpaired) electrons. The summed E-state index contributed by atoms with van der Waals surface area (Å²) in [4.78, 5) is 11.7. The molecule has 2 nitrogen and oxygen atoms in total. The number of benzene rings is 2. The van der Waals surface area contributed by atoms with Gasteiger partial charge in [0.25, 0.3) is 0 Å². The molecule has 2 aromatic carbocycles. The van der Waals surface area contributed by atoms with E-state index in [0.29, 0.717) is 6.42 Å². The van der Waals surface area contributed by atoms with Gasteiger partial charge in [0.1, 0.15) is 0 Å². The first-order chi connectivity index (χ1) is 9.65. The number of hydrogen-bond acceptors (Lipinski definition) is 2. The maximum atomic E-state index is 11.7. The van der Waals surface area contributed by atoms with E-state index in [4.69, 9.17) is 0 Å². The molecule has 0 fully saturated rings. The summed E-state index contributed by atoms with van der Waals surface area (Å²) in [6, 6.07) is 18.1. The predicted octanol–water partition coefficient (Wildman–Crippen LogP) is 4.12. The van der Waals surface area contributed by atoms with Crippen LogP contribution in [-0.4, -0.2) is 5.78 Å². The number of allylic oxidation sites excluding steroid dienone is 1. The highest BCUT2D eigenvalue weighted by molar-refractivity contribution is 5.94. The molecule has 0 spiro atoms. The third-order valence-corrected chi connectivity index (χ3v) is 3.15. The van der Waals surface area contributed by atoms with Crippen LogP contribution < -0.4 is 5.32 Å². The van der Waals surface area contributed by atoms with Crippen molar-refractivity contribution in [2.75, 3.05) is 5.32 Å². The normalized spacial score (nSPS) is 11.2. The van der Waals surface area contributed by atoms with Crippen LogP contribution in [0, 0.1) is 6.92 Å². The minimum Gasteiger partial charge on any atom is -0.361 e. The van der Waals surface area contributed by atoms with Crippen molar-refractivity contribution in [3.63, 3.8) is 0 Å². The lowest BCUT2D eigenvalue weighted by atomic mass is 10.0. The van der Waals surface area contributed by atoms with E-state index in [2.05, 4.69) is 12.2 Å². The van der Waals surface area contributed by atoms with Gasteiger partial charge >= 0.3 is 0 Å². The van der Waals surface area contributed by atoms with Gasteiger partial charge in [-0.1, -0.05) is 48.0 Å². The molecular formula is C18H19NO. The number of anilines is 1. The van der Waals surface area contributed by atoms with E-state index < -0.39 is 0 Å². The van der Waals surface area contributed by atoms with Gasteiger partial charge in [-0.25, -0.2) is 0 Å². The van der Waals surface area contributed by atoms with Gasteiger partial charge in [-0.15, -0.1) is 0 Å². The molecule has 1 N–H and O–H groups in total. The van der Waals surface area contributed by atoms with E-state index in [-0.39, 0.29) is 5.78 Å². The Kier molecular flexibility index (Phi) is 4.72. The lowest BCUT2D eigenvalue weighted by molar-refractivity contribution is -0.113. The summed E-state index contributed by atoms with van der Waals surface area (Å²) in [6.45, 7) is 3.65. The Labute approximate surface area is 120 Å². The minimum absolute atomic E-state index is 0.0912. The summed E-state index contributed by atoms with van der Waals surface area (Å²) in [5, 5.41) is 3.19. The molecule has 0 aliphatic carbocycles. The first kappa shape index (κ1) is 14.1. The fourth-order valence-corrected chi connectivity index (χ4v) is 1.91. The van der Waals surface area contributed by atoms with E-state index in [1.54, 1.807) is 13.1 Å². The lowest BCUT2D eigenvalue weighted by Gasteiger charge is -2.06. The Morgan fingerprint density at radius 1 is 1.05 bits per heavy atom. The summed E-state index contributed by atoms with van der Waals surface area (Å²) in [7, 11) is 0. The second kappa shape index (κ2) is 6.71. The number of carbonyl (C=O) groups excluding carboxylic acids is 1. The molecule has 0 aliphatic heterocycles. The highest BCUT2D eigenvalue weighted by Crippen LogP contribution is 2.12. The molecular weight excluding hydrogens is 246 g/mol. The molecule has 0 aromatic heterocycles. The lowest BCUT2D eigenvalue weighted by Crippen LogP contribution is -2.04. The summed E-state index contributed by atoms with van der Waals surface area (Å²) >= 11 is 0. The zero-order valence-corrected chi connectivity index (χ0v) is 11.9. The molecule has 2 aromatic rings. The third-order valence-electron chi connectivity index (χ3n) is 3.15. The Balaban J connectivity index is 2.10. The van der Waals surface area contributed by atoms with Gasteiger partial charge in [-0.3, -0.25) is 4.79 Å². The van der Waals surface area contributed by atoms with Gasteiger partial charge in [0.05, 0.1) is 0 Å². The van der Waals surface area contributed by atoms with E-state index >= 15 is 0 Å². The standard InChI is InChI=1S/C18H19NO/c1-14-8-10-18(11-9-14)19-13-17(15(2)20)12-16-6-4-3-5-7-16/h3-11,13,19H,12H2,1-2H3/b17-13+. The topological polar surface area (TPSA) is 29.1 Å². The predicted molar refractivity (Wildman–Crippen MR) is 83.7 cm³/mol. The van der Waals surface area contributed by atoms with Crippen molar-refractivity contribution in [3.8, 4) is 0 Å². The Hall–Kier alpha value is -2.35. The Bertz CT molecular complexity index is 597. The highest BCUT2D eigenvalue weighted by Gasteiger charge is 2.05. The average Bonchev–Trinajstić information content (AvgIpc) is 2.46. The first-order valence-electron chi connectivity index (χ1n) is 6.72. The van der Waals surface area contributed by atoms with Crippen molar-refractivity contribution >= 4 is 11.5 Å². The van der Waals surface area contributed by atoms with Crippen molar-refractivity contribution < 1.29 is 4.79 Å². The van der Waals surface area contributed by atoms with E-state index in [1.807, 2.05) is 54.6 Å². The summed E-state index contributed by atoms with van der Waals surface area (Å²) in [5.41, 5.74) is 4.12. The zero-order valence-electron chi connectivity index (χ0n) is 11.9. The maximum Gasteiger partial charge on any atom is 0.157 e. The number of hydrogen-bond donors (Lipinski definition) is 1. The van der Waals surface area contributed by atoms with Crippen LogP contribution in [0.2, 0.25) is 0 Å². The number of nitrogens with one attached hydrogen (secondary N) is 1. The summed E-state index contributed by atoms with van der Waals surface area (Å²) in [5.74, 6) is 0.0912. The van der Waals surface area contributed by atoms with E-state index in [0.717, 1.165) is 16.8 Å². The van der Waals surface area contributed by atoms with Gasteiger partial charge in [-0.2, -0.15) is 0 Å². The molecule has 0 atom stereocenters. The molecule has 0 bridgehead atoms. The van der Waals surface area contributed by atoms with Gasteiger partial charge in [-0.05, 0) is 31.5 Å². The van der Waals surface area contributed by atoms with E-state index in [1.165, 1.54) is 5.56 Å².